The van der Waals surface area contributed by atoms with Crippen LogP contribution in [0, 0.1) is 6.92 Å². The molecule has 0 saturated carbocycles. The minimum Gasteiger partial charge on any atom is -0.486 e. The second-order valence-corrected chi connectivity index (χ2v) is 5.61. The average molecular weight is 314 g/mol. The number of fused-ring (bicyclic) bond motifs is 1. The molecule has 0 amide bonds. The summed E-state index contributed by atoms with van der Waals surface area (Å²) in [5, 5.41) is 6.89. The number of thiocarbonyl (C=S) groups is 1. The molecule has 0 unspecified atom stereocenters. The Labute approximate surface area is 135 Å². The molecule has 0 bridgehead atoms. The average Bonchev–Trinajstić information content (AvgIpc) is 2.55. The first kappa shape index (κ1) is 14.7. The van der Waals surface area contributed by atoms with Crippen molar-refractivity contribution in [3.63, 3.8) is 0 Å². The molecule has 114 valence electrons. The van der Waals surface area contributed by atoms with E-state index in [1.165, 1.54) is 5.56 Å². The summed E-state index contributed by atoms with van der Waals surface area (Å²) in [5.41, 5.74) is 2.19. The molecule has 0 radical (unpaired) electrons. The second kappa shape index (κ2) is 6.66. The Morgan fingerprint density at radius 2 is 1.86 bits per heavy atom. The summed E-state index contributed by atoms with van der Waals surface area (Å²) in [7, 11) is 0. The van der Waals surface area contributed by atoms with E-state index in [1.54, 1.807) is 0 Å². The van der Waals surface area contributed by atoms with Crippen molar-refractivity contribution < 1.29 is 9.47 Å². The molecule has 2 N–H and O–H groups in total. The van der Waals surface area contributed by atoms with Gasteiger partial charge in [-0.05, 0) is 43.4 Å². The van der Waals surface area contributed by atoms with Crippen LogP contribution in [0.5, 0.6) is 11.5 Å². The van der Waals surface area contributed by atoms with Crippen molar-refractivity contribution in [2.75, 3.05) is 18.5 Å². The maximum Gasteiger partial charge on any atom is 0.170 e. The third-order valence-electron chi connectivity index (χ3n) is 3.37. The molecule has 0 fully saturated rings. The van der Waals surface area contributed by atoms with Crippen molar-refractivity contribution in [1.82, 2.24) is 5.32 Å². The van der Waals surface area contributed by atoms with E-state index < -0.39 is 0 Å². The van der Waals surface area contributed by atoms with Gasteiger partial charge in [0, 0.05) is 5.69 Å². The van der Waals surface area contributed by atoms with Gasteiger partial charge in [-0.3, -0.25) is 0 Å². The first-order valence-electron chi connectivity index (χ1n) is 7.21. The number of ether oxygens (including phenoxy) is 2. The summed E-state index contributed by atoms with van der Waals surface area (Å²) < 4.78 is 11.5. The number of aryl methyl sites for hydroxylation is 1. The molecule has 0 aliphatic carbocycles. The van der Waals surface area contributed by atoms with Gasteiger partial charge in [-0.15, -0.1) is 0 Å². The molecule has 2 aromatic carbocycles. The third-order valence-corrected chi connectivity index (χ3v) is 3.61. The van der Waals surface area contributed by atoms with Gasteiger partial charge in [-0.2, -0.15) is 0 Å². The molecule has 1 heterocycles. The highest BCUT2D eigenvalue weighted by molar-refractivity contribution is 7.80. The molecule has 22 heavy (non-hydrogen) atoms. The van der Waals surface area contributed by atoms with E-state index in [9.17, 15) is 0 Å². The fraction of sp³-hybridized carbons (Fsp3) is 0.235. The minimum atomic E-state index is -0.0623. The predicted octanol–water partition coefficient (Wildman–Crippen LogP) is 3.12. The summed E-state index contributed by atoms with van der Waals surface area (Å²) in [4.78, 5) is 0. The zero-order valence-corrected chi connectivity index (χ0v) is 13.2. The number of hydrogen-bond donors (Lipinski definition) is 2. The van der Waals surface area contributed by atoms with E-state index in [4.69, 9.17) is 21.7 Å². The van der Waals surface area contributed by atoms with Crippen molar-refractivity contribution in [3.05, 3.63) is 54.1 Å². The minimum absolute atomic E-state index is 0.0623. The van der Waals surface area contributed by atoms with Gasteiger partial charge in [0.1, 0.15) is 12.7 Å². The Morgan fingerprint density at radius 1 is 1.14 bits per heavy atom. The van der Waals surface area contributed by atoms with Crippen LogP contribution in [-0.2, 0) is 0 Å². The number of benzene rings is 2. The maximum atomic E-state index is 5.87. The molecule has 3 rings (SSSR count). The molecule has 0 saturated heterocycles. The highest BCUT2D eigenvalue weighted by Crippen LogP contribution is 2.30. The van der Waals surface area contributed by atoms with Crippen LogP contribution in [0.3, 0.4) is 0 Å². The lowest BCUT2D eigenvalue weighted by Gasteiger charge is -2.27. The normalized spacial score (nSPS) is 16.0. The van der Waals surface area contributed by atoms with E-state index in [2.05, 4.69) is 17.6 Å². The third kappa shape index (κ3) is 3.68. The second-order valence-electron chi connectivity index (χ2n) is 5.20. The molecule has 0 spiro atoms. The number of anilines is 1. The Bertz CT molecular complexity index is 658. The fourth-order valence-corrected chi connectivity index (χ4v) is 2.38. The fourth-order valence-electron chi connectivity index (χ4n) is 2.18. The quantitative estimate of drug-likeness (QED) is 0.852. The molecular formula is C17H18N2O2S. The standard InChI is InChI=1S/C17H18N2O2S/c1-12-6-8-13(9-7-12)19-17(22)18-10-14-11-20-15-4-2-3-5-16(15)21-14/h2-9,14H,10-11H2,1H3,(H2,18,19,22)/t14-/m0/s1. The molecule has 2 aromatic rings. The Hall–Kier alpha value is -2.27. The van der Waals surface area contributed by atoms with Crippen LogP contribution in [0.2, 0.25) is 0 Å². The molecule has 1 atom stereocenters. The number of nitrogens with one attached hydrogen (secondary N) is 2. The number of para-hydroxylation sites is 2. The Kier molecular flexibility index (Phi) is 4.44. The van der Waals surface area contributed by atoms with Gasteiger partial charge in [-0.1, -0.05) is 29.8 Å². The first-order chi connectivity index (χ1) is 10.7. The maximum absolute atomic E-state index is 5.87. The van der Waals surface area contributed by atoms with Crippen molar-refractivity contribution in [3.8, 4) is 11.5 Å². The summed E-state index contributed by atoms with van der Waals surface area (Å²) >= 11 is 5.30. The summed E-state index contributed by atoms with van der Waals surface area (Å²) in [5.74, 6) is 1.57. The number of hydrogen-bond acceptors (Lipinski definition) is 3. The molecule has 1 aliphatic rings. The van der Waals surface area contributed by atoms with E-state index in [0.717, 1.165) is 17.2 Å². The SMILES string of the molecule is Cc1ccc(NC(=S)NC[C@H]2COc3ccccc3O2)cc1. The van der Waals surface area contributed by atoms with Crippen LogP contribution >= 0.6 is 12.2 Å². The van der Waals surface area contributed by atoms with E-state index in [0.29, 0.717) is 18.3 Å². The van der Waals surface area contributed by atoms with Crippen LogP contribution in [0.4, 0.5) is 5.69 Å². The lowest BCUT2D eigenvalue weighted by atomic mass is 10.2. The van der Waals surface area contributed by atoms with Crippen molar-refractivity contribution in [2.45, 2.75) is 13.0 Å². The summed E-state index contributed by atoms with van der Waals surface area (Å²) in [6.07, 6.45) is -0.0623. The van der Waals surface area contributed by atoms with Gasteiger partial charge in [-0.25, -0.2) is 0 Å². The summed E-state index contributed by atoms with van der Waals surface area (Å²) in [6, 6.07) is 15.8. The highest BCUT2D eigenvalue weighted by atomic mass is 32.1. The Morgan fingerprint density at radius 3 is 2.64 bits per heavy atom. The van der Waals surface area contributed by atoms with Crippen LogP contribution < -0.4 is 20.1 Å². The van der Waals surface area contributed by atoms with Gasteiger partial charge in [0.15, 0.2) is 16.6 Å². The lowest BCUT2D eigenvalue weighted by Crippen LogP contribution is -2.42. The van der Waals surface area contributed by atoms with Crippen LogP contribution in [0.15, 0.2) is 48.5 Å². The topological polar surface area (TPSA) is 42.5 Å². The van der Waals surface area contributed by atoms with E-state index >= 15 is 0 Å². The smallest absolute Gasteiger partial charge is 0.170 e. The Balaban J connectivity index is 1.49. The highest BCUT2D eigenvalue weighted by Gasteiger charge is 2.20. The largest absolute Gasteiger partial charge is 0.486 e. The van der Waals surface area contributed by atoms with Gasteiger partial charge < -0.3 is 20.1 Å². The van der Waals surface area contributed by atoms with Gasteiger partial charge in [0.2, 0.25) is 0 Å². The van der Waals surface area contributed by atoms with E-state index in [-0.39, 0.29) is 6.10 Å². The van der Waals surface area contributed by atoms with Crippen molar-refractivity contribution in [1.29, 1.82) is 0 Å². The molecule has 4 nitrogen and oxygen atoms in total. The van der Waals surface area contributed by atoms with Crippen LogP contribution in [-0.4, -0.2) is 24.4 Å². The van der Waals surface area contributed by atoms with Crippen molar-refractivity contribution in [2.24, 2.45) is 0 Å². The van der Waals surface area contributed by atoms with E-state index in [1.807, 2.05) is 48.5 Å². The van der Waals surface area contributed by atoms with Gasteiger partial charge in [0.25, 0.3) is 0 Å². The van der Waals surface area contributed by atoms with Crippen LogP contribution in [0.1, 0.15) is 5.56 Å². The van der Waals surface area contributed by atoms with Crippen LogP contribution in [0.25, 0.3) is 0 Å². The monoisotopic (exact) mass is 314 g/mol. The van der Waals surface area contributed by atoms with Gasteiger partial charge >= 0.3 is 0 Å². The molecule has 5 heteroatoms. The molecule has 1 aliphatic heterocycles. The zero-order chi connectivity index (χ0) is 15.4. The van der Waals surface area contributed by atoms with Crippen molar-refractivity contribution >= 4 is 23.0 Å². The lowest BCUT2D eigenvalue weighted by molar-refractivity contribution is 0.0939. The first-order valence-corrected chi connectivity index (χ1v) is 7.61. The number of rotatable bonds is 3. The molecular weight excluding hydrogens is 296 g/mol. The predicted molar refractivity (Wildman–Crippen MR) is 91.8 cm³/mol. The zero-order valence-electron chi connectivity index (χ0n) is 12.3. The van der Waals surface area contributed by atoms with Gasteiger partial charge in [0.05, 0.1) is 6.54 Å². The summed E-state index contributed by atoms with van der Waals surface area (Å²) in [6.45, 7) is 3.15. The molecule has 0 aromatic heterocycles.